The number of nitrogens with one attached hydrogen (secondary N) is 2. The van der Waals surface area contributed by atoms with Crippen molar-refractivity contribution in [3.63, 3.8) is 0 Å². The first-order valence-corrected chi connectivity index (χ1v) is 10.5. The second kappa shape index (κ2) is 8.37. The normalized spacial score (nSPS) is 16.3. The summed E-state index contributed by atoms with van der Waals surface area (Å²) in [7, 11) is 0. The predicted octanol–water partition coefficient (Wildman–Crippen LogP) is 2.56. The molecule has 0 atom stereocenters. The smallest absolute Gasteiger partial charge is 0.272 e. The van der Waals surface area contributed by atoms with Gasteiger partial charge in [0.15, 0.2) is 5.69 Å². The Morgan fingerprint density at radius 1 is 1.21 bits per heavy atom. The molecule has 1 aromatic heterocycles. The van der Waals surface area contributed by atoms with Gasteiger partial charge in [0, 0.05) is 63.0 Å². The molecule has 0 spiro atoms. The fraction of sp³-hybridized carbons (Fsp3) is 0.500. The minimum atomic E-state index is -0.0696. The van der Waals surface area contributed by atoms with Gasteiger partial charge in [-0.3, -0.25) is 19.2 Å². The molecule has 0 saturated heterocycles. The van der Waals surface area contributed by atoms with E-state index < -0.39 is 0 Å². The van der Waals surface area contributed by atoms with Crippen molar-refractivity contribution in [2.45, 2.75) is 52.7 Å². The summed E-state index contributed by atoms with van der Waals surface area (Å²) in [5.41, 5.74) is 4.90. The molecular weight excluding hydrogens is 366 g/mol. The van der Waals surface area contributed by atoms with Crippen LogP contribution in [0.15, 0.2) is 24.3 Å². The van der Waals surface area contributed by atoms with E-state index in [1.165, 1.54) is 31.0 Å². The minimum absolute atomic E-state index is 0.0672. The first kappa shape index (κ1) is 19.6. The van der Waals surface area contributed by atoms with Crippen LogP contribution < -0.4 is 10.6 Å². The van der Waals surface area contributed by atoms with E-state index in [1.807, 2.05) is 31.2 Å². The minimum Gasteiger partial charge on any atom is -0.351 e. The summed E-state index contributed by atoms with van der Waals surface area (Å²) in [4.78, 5) is 26.1. The van der Waals surface area contributed by atoms with Gasteiger partial charge in [0.05, 0.1) is 0 Å². The Hall–Kier alpha value is -2.67. The van der Waals surface area contributed by atoms with Gasteiger partial charge >= 0.3 is 0 Å². The van der Waals surface area contributed by atoms with Crippen LogP contribution in [0, 0.1) is 5.92 Å². The summed E-state index contributed by atoms with van der Waals surface area (Å²) in [6.07, 6.45) is 3.45. The lowest BCUT2D eigenvalue weighted by molar-refractivity contribution is -0.114. The molecule has 1 aromatic carbocycles. The van der Waals surface area contributed by atoms with Crippen LogP contribution >= 0.6 is 0 Å². The Labute approximate surface area is 171 Å². The Balaban J connectivity index is 1.49. The van der Waals surface area contributed by atoms with Gasteiger partial charge < -0.3 is 10.6 Å². The van der Waals surface area contributed by atoms with Crippen LogP contribution in [-0.4, -0.2) is 39.6 Å². The molecule has 2 aromatic rings. The van der Waals surface area contributed by atoms with Crippen molar-refractivity contribution in [2.24, 2.45) is 5.92 Å². The summed E-state index contributed by atoms with van der Waals surface area (Å²) < 4.78 is 2.09. The van der Waals surface area contributed by atoms with Crippen LogP contribution in [0.2, 0.25) is 0 Å². The molecule has 154 valence electrons. The highest BCUT2D eigenvalue weighted by molar-refractivity contribution is 5.94. The first-order chi connectivity index (χ1) is 14.0. The zero-order valence-electron chi connectivity index (χ0n) is 17.2. The molecule has 0 unspecified atom stereocenters. The van der Waals surface area contributed by atoms with Gasteiger partial charge in [0.1, 0.15) is 0 Å². The van der Waals surface area contributed by atoms with E-state index in [-0.39, 0.29) is 11.8 Å². The van der Waals surface area contributed by atoms with Crippen LogP contribution in [0.1, 0.15) is 54.0 Å². The van der Waals surface area contributed by atoms with Crippen LogP contribution in [0.4, 0.5) is 5.69 Å². The standard InChI is InChI=1S/C22H29N5O2/c1-3-23-22(29)21-19-14-26(11-10-20(19)27(25-21)13-17-4-5-17)12-16-6-8-18(9-7-16)24-15(2)28/h6-9,17H,3-5,10-14H2,1-2H3,(H,23,29)(H,24,28). The van der Waals surface area contributed by atoms with Crippen LogP contribution in [-0.2, 0) is 30.8 Å². The maximum absolute atomic E-state index is 12.6. The second-order valence-corrected chi connectivity index (χ2v) is 8.10. The number of carbonyl (C=O) groups is 2. The van der Waals surface area contributed by atoms with Gasteiger partial charge in [-0.2, -0.15) is 5.10 Å². The number of fused-ring (bicyclic) bond motifs is 1. The third-order valence-electron chi connectivity index (χ3n) is 5.57. The third kappa shape index (κ3) is 4.67. The Bertz CT molecular complexity index is 899. The quantitative estimate of drug-likeness (QED) is 0.755. The largest absolute Gasteiger partial charge is 0.351 e. The number of aromatic nitrogens is 2. The average Bonchev–Trinajstić information content (AvgIpc) is 3.43. The van der Waals surface area contributed by atoms with Crippen molar-refractivity contribution in [2.75, 3.05) is 18.4 Å². The third-order valence-corrected chi connectivity index (χ3v) is 5.57. The number of rotatable bonds is 7. The van der Waals surface area contributed by atoms with Gasteiger partial charge in [0.2, 0.25) is 5.91 Å². The van der Waals surface area contributed by atoms with Gasteiger partial charge in [-0.25, -0.2) is 0 Å². The Morgan fingerprint density at radius 2 is 1.97 bits per heavy atom. The lowest BCUT2D eigenvalue weighted by Gasteiger charge is -2.28. The molecule has 0 radical (unpaired) electrons. The van der Waals surface area contributed by atoms with E-state index in [2.05, 4.69) is 20.2 Å². The maximum Gasteiger partial charge on any atom is 0.272 e. The molecule has 1 aliphatic carbocycles. The SMILES string of the molecule is CCNC(=O)c1nn(CC2CC2)c2c1CN(Cc1ccc(NC(C)=O)cc1)CC2. The fourth-order valence-electron chi connectivity index (χ4n) is 3.96. The number of nitrogens with zero attached hydrogens (tertiary/aromatic N) is 3. The van der Waals surface area contributed by atoms with E-state index >= 15 is 0 Å². The van der Waals surface area contributed by atoms with Gasteiger partial charge in [0.25, 0.3) is 5.91 Å². The number of hydrogen-bond donors (Lipinski definition) is 2. The van der Waals surface area contributed by atoms with Gasteiger partial charge in [-0.15, -0.1) is 0 Å². The summed E-state index contributed by atoms with van der Waals surface area (Å²) in [5.74, 6) is 0.587. The number of benzene rings is 1. The Morgan fingerprint density at radius 3 is 2.62 bits per heavy atom. The van der Waals surface area contributed by atoms with E-state index in [4.69, 9.17) is 5.10 Å². The zero-order chi connectivity index (χ0) is 20.4. The molecule has 2 aliphatic rings. The maximum atomic E-state index is 12.6. The number of amides is 2. The molecule has 1 aliphatic heterocycles. The van der Waals surface area contributed by atoms with E-state index in [0.29, 0.717) is 12.2 Å². The molecule has 29 heavy (non-hydrogen) atoms. The molecule has 1 saturated carbocycles. The number of anilines is 1. The summed E-state index contributed by atoms with van der Waals surface area (Å²) in [6, 6.07) is 7.95. The molecule has 0 bridgehead atoms. The van der Waals surface area contributed by atoms with Crippen LogP contribution in [0.3, 0.4) is 0 Å². The highest BCUT2D eigenvalue weighted by atomic mass is 16.2. The molecule has 2 heterocycles. The van der Waals surface area contributed by atoms with E-state index in [9.17, 15) is 9.59 Å². The fourth-order valence-corrected chi connectivity index (χ4v) is 3.96. The topological polar surface area (TPSA) is 79.3 Å². The molecular formula is C22H29N5O2. The highest BCUT2D eigenvalue weighted by Crippen LogP contribution is 2.33. The van der Waals surface area contributed by atoms with Crippen molar-refractivity contribution < 1.29 is 9.59 Å². The van der Waals surface area contributed by atoms with Crippen molar-refractivity contribution in [1.82, 2.24) is 20.0 Å². The van der Waals surface area contributed by atoms with Crippen LogP contribution in [0.5, 0.6) is 0 Å². The number of hydrogen-bond acceptors (Lipinski definition) is 4. The molecule has 4 rings (SSSR count). The highest BCUT2D eigenvalue weighted by Gasteiger charge is 2.30. The lowest BCUT2D eigenvalue weighted by Crippen LogP contribution is -2.32. The molecule has 2 N–H and O–H groups in total. The van der Waals surface area contributed by atoms with Crippen molar-refractivity contribution in [3.05, 3.63) is 46.8 Å². The monoisotopic (exact) mass is 395 g/mol. The molecule has 2 amide bonds. The molecule has 7 heteroatoms. The van der Waals surface area contributed by atoms with Crippen molar-refractivity contribution in [1.29, 1.82) is 0 Å². The van der Waals surface area contributed by atoms with Crippen molar-refractivity contribution >= 4 is 17.5 Å². The average molecular weight is 396 g/mol. The zero-order valence-corrected chi connectivity index (χ0v) is 17.2. The Kier molecular flexibility index (Phi) is 5.67. The second-order valence-electron chi connectivity index (χ2n) is 8.10. The van der Waals surface area contributed by atoms with E-state index in [0.717, 1.165) is 49.8 Å². The van der Waals surface area contributed by atoms with Gasteiger partial charge in [-0.05, 0) is 43.4 Å². The summed E-state index contributed by atoms with van der Waals surface area (Å²) >= 11 is 0. The molecule has 1 fully saturated rings. The first-order valence-electron chi connectivity index (χ1n) is 10.5. The van der Waals surface area contributed by atoms with Crippen LogP contribution in [0.25, 0.3) is 0 Å². The summed E-state index contributed by atoms with van der Waals surface area (Å²) in [6.45, 7) is 7.48. The van der Waals surface area contributed by atoms with Gasteiger partial charge in [-0.1, -0.05) is 12.1 Å². The van der Waals surface area contributed by atoms with Crippen molar-refractivity contribution in [3.8, 4) is 0 Å². The van der Waals surface area contributed by atoms with E-state index in [1.54, 1.807) is 0 Å². The molecule has 7 nitrogen and oxygen atoms in total. The number of carbonyl (C=O) groups excluding carboxylic acids is 2. The lowest BCUT2D eigenvalue weighted by atomic mass is 10.0. The predicted molar refractivity (Wildman–Crippen MR) is 112 cm³/mol. The summed E-state index contributed by atoms with van der Waals surface area (Å²) in [5, 5.41) is 10.4.